The Kier molecular flexibility index (Phi) is 7.08. The number of para-hydroxylation sites is 2. The number of aryl methyl sites for hydroxylation is 4. The van der Waals surface area contributed by atoms with Gasteiger partial charge < -0.3 is 14.6 Å². The van der Waals surface area contributed by atoms with Crippen LogP contribution in [0.2, 0.25) is 0 Å². The highest BCUT2D eigenvalue weighted by molar-refractivity contribution is 5.95. The van der Waals surface area contributed by atoms with Gasteiger partial charge in [0.25, 0.3) is 5.91 Å². The summed E-state index contributed by atoms with van der Waals surface area (Å²) < 4.78 is 8.25. The summed E-state index contributed by atoms with van der Waals surface area (Å²) in [6.45, 7) is 8.11. The van der Waals surface area contributed by atoms with Gasteiger partial charge in [0.15, 0.2) is 0 Å². The molecule has 0 aliphatic carbocycles. The summed E-state index contributed by atoms with van der Waals surface area (Å²) >= 11 is 0. The molecule has 170 valence electrons. The molecule has 1 aromatic heterocycles. The van der Waals surface area contributed by atoms with Gasteiger partial charge in [-0.05, 0) is 74.2 Å². The number of fused-ring (bicyclic) bond motifs is 1. The van der Waals surface area contributed by atoms with E-state index < -0.39 is 0 Å². The van der Waals surface area contributed by atoms with Crippen LogP contribution in [0, 0.1) is 20.8 Å². The lowest BCUT2D eigenvalue weighted by atomic mass is 10.1. The quantitative estimate of drug-likeness (QED) is 0.354. The smallest absolute Gasteiger partial charge is 0.251 e. The van der Waals surface area contributed by atoms with Gasteiger partial charge in [-0.1, -0.05) is 36.4 Å². The maximum absolute atomic E-state index is 12.6. The molecule has 0 saturated heterocycles. The molecule has 1 N–H and O–H groups in total. The van der Waals surface area contributed by atoms with Gasteiger partial charge in [-0.3, -0.25) is 4.79 Å². The molecule has 0 spiro atoms. The number of hydrogen-bond donors (Lipinski definition) is 1. The summed E-state index contributed by atoms with van der Waals surface area (Å²) in [4.78, 5) is 17.4. The summed E-state index contributed by atoms with van der Waals surface area (Å²) in [5.74, 6) is 1.85. The van der Waals surface area contributed by atoms with Gasteiger partial charge in [-0.25, -0.2) is 4.98 Å². The van der Waals surface area contributed by atoms with E-state index in [1.165, 1.54) is 11.1 Å². The van der Waals surface area contributed by atoms with Crippen LogP contribution in [0.1, 0.15) is 39.3 Å². The van der Waals surface area contributed by atoms with Gasteiger partial charge in [-0.15, -0.1) is 0 Å². The minimum absolute atomic E-state index is 0.0439. The molecule has 5 nitrogen and oxygen atoms in total. The number of aromatic nitrogens is 2. The second kappa shape index (κ2) is 10.3. The van der Waals surface area contributed by atoms with Crippen molar-refractivity contribution in [1.82, 2.24) is 14.9 Å². The first-order chi connectivity index (χ1) is 16.0. The molecule has 1 heterocycles. The predicted octanol–water partition coefficient (Wildman–Crippen LogP) is 5.40. The Morgan fingerprint density at radius 2 is 1.70 bits per heavy atom. The number of ether oxygens (including phenoxy) is 1. The Labute approximate surface area is 195 Å². The van der Waals surface area contributed by atoms with E-state index in [4.69, 9.17) is 9.72 Å². The zero-order valence-corrected chi connectivity index (χ0v) is 19.6. The third kappa shape index (κ3) is 5.61. The van der Waals surface area contributed by atoms with Crippen molar-refractivity contribution in [2.24, 2.45) is 0 Å². The molecule has 0 fully saturated rings. The van der Waals surface area contributed by atoms with Crippen LogP contribution in [-0.2, 0) is 13.0 Å². The molecule has 1 amide bonds. The van der Waals surface area contributed by atoms with E-state index >= 15 is 0 Å². The van der Waals surface area contributed by atoms with Crippen molar-refractivity contribution in [3.63, 3.8) is 0 Å². The second-order valence-corrected chi connectivity index (χ2v) is 8.51. The number of nitrogens with one attached hydrogen (secondary N) is 1. The molecule has 4 aromatic rings. The molecule has 0 saturated carbocycles. The first-order valence-corrected chi connectivity index (χ1v) is 11.5. The van der Waals surface area contributed by atoms with E-state index in [1.54, 1.807) is 0 Å². The van der Waals surface area contributed by atoms with Crippen LogP contribution >= 0.6 is 0 Å². The molecular weight excluding hydrogens is 410 g/mol. The van der Waals surface area contributed by atoms with E-state index in [0.29, 0.717) is 19.6 Å². The molecule has 0 aliphatic heterocycles. The molecule has 0 aliphatic rings. The summed E-state index contributed by atoms with van der Waals surface area (Å²) in [7, 11) is 0. The topological polar surface area (TPSA) is 56.1 Å². The summed E-state index contributed by atoms with van der Waals surface area (Å²) in [6.07, 6.45) is 1.54. The van der Waals surface area contributed by atoms with E-state index in [1.807, 2.05) is 49.4 Å². The number of nitrogens with zero attached hydrogens (tertiary/aromatic N) is 2. The maximum atomic E-state index is 12.6. The number of benzene rings is 3. The molecule has 33 heavy (non-hydrogen) atoms. The average molecular weight is 442 g/mol. The molecule has 0 bridgehead atoms. The summed E-state index contributed by atoms with van der Waals surface area (Å²) in [5, 5.41) is 3.04. The Bertz CT molecular complexity index is 1240. The number of carbonyl (C=O) groups is 1. The average Bonchev–Trinajstić information content (AvgIpc) is 3.13. The zero-order chi connectivity index (χ0) is 23.2. The fourth-order valence-corrected chi connectivity index (χ4v) is 4.21. The van der Waals surface area contributed by atoms with Gasteiger partial charge in [0.1, 0.15) is 11.6 Å². The third-order valence-corrected chi connectivity index (χ3v) is 5.75. The molecular formula is C28H31N3O2. The van der Waals surface area contributed by atoms with Crippen molar-refractivity contribution in [1.29, 1.82) is 0 Å². The van der Waals surface area contributed by atoms with Gasteiger partial charge in [-0.2, -0.15) is 0 Å². The van der Waals surface area contributed by atoms with Crippen LogP contribution < -0.4 is 10.1 Å². The van der Waals surface area contributed by atoms with Crippen LogP contribution in [0.5, 0.6) is 5.75 Å². The van der Waals surface area contributed by atoms with E-state index in [2.05, 4.69) is 48.0 Å². The van der Waals surface area contributed by atoms with Crippen LogP contribution in [0.25, 0.3) is 11.0 Å². The van der Waals surface area contributed by atoms with Gasteiger partial charge in [0.2, 0.25) is 0 Å². The lowest BCUT2D eigenvalue weighted by Crippen LogP contribution is -2.27. The molecule has 3 aromatic carbocycles. The van der Waals surface area contributed by atoms with Crippen LogP contribution in [0.3, 0.4) is 0 Å². The summed E-state index contributed by atoms with van der Waals surface area (Å²) in [6, 6.07) is 22.1. The Balaban J connectivity index is 1.39. The SMILES string of the molecule is Cc1cc(C)cc(OCCCn2c(CCNC(=O)c3ccccc3C)nc3ccccc32)c1. The molecule has 0 atom stereocenters. The number of carbonyl (C=O) groups excluding carboxylic acids is 1. The standard InChI is InChI=1S/C28H31N3O2/c1-20-17-21(2)19-23(18-20)33-16-8-15-31-26-12-7-6-11-25(26)30-27(31)13-14-29-28(32)24-10-5-4-9-22(24)3/h4-7,9-12,17-19H,8,13-16H2,1-3H3,(H,29,32). The van der Waals surface area contributed by atoms with Crippen LogP contribution in [0.4, 0.5) is 0 Å². The first-order valence-electron chi connectivity index (χ1n) is 11.5. The van der Waals surface area contributed by atoms with Gasteiger partial charge in [0, 0.05) is 25.1 Å². The number of hydrogen-bond acceptors (Lipinski definition) is 3. The number of imidazole rings is 1. The number of amides is 1. The van der Waals surface area contributed by atoms with E-state index in [-0.39, 0.29) is 5.91 Å². The van der Waals surface area contributed by atoms with Crippen molar-refractivity contribution in [2.45, 2.75) is 40.2 Å². The maximum Gasteiger partial charge on any atom is 0.251 e. The van der Waals surface area contributed by atoms with Crippen LogP contribution in [0.15, 0.2) is 66.7 Å². The van der Waals surface area contributed by atoms with Crippen molar-refractivity contribution in [2.75, 3.05) is 13.2 Å². The monoisotopic (exact) mass is 441 g/mol. The van der Waals surface area contributed by atoms with Crippen molar-refractivity contribution >= 4 is 16.9 Å². The van der Waals surface area contributed by atoms with E-state index in [9.17, 15) is 4.79 Å². The third-order valence-electron chi connectivity index (χ3n) is 5.75. The second-order valence-electron chi connectivity index (χ2n) is 8.51. The Morgan fingerprint density at radius 3 is 2.48 bits per heavy atom. The van der Waals surface area contributed by atoms with Crippen molar-refractivity contribution in [3.05, 3.63) is 94.8 Å². The number of rotatable bonds is 9. The highest BCUT2D eigenvalue weighted by atomic mass is 16.5. The van der Waals surface area contributed by atoms with E-state index in [0.717, 1.165) is 46.7 Å². The first kappa shape index (κ1) is 22.6. The van der Waals surface area contributed by atoms with Crippen LogP contribution in [-0.4, -0.2) is 28.6 Å². The van der Waals surface area contributed by atoms with Crippen molar-refractivity contribution < 1.29 is 9.53 Å². The molecule has 5 heteroatoms. The fraction of sp³-hybridized carbons (Fsp3) is 0.286. The minimum atomic E-state index is -0.0439. The normalized spacial score (nSPS) is 11.0. The minimum Gasteiger partial charge on any atom is -0.494 e. The highest BCUT2D eigenvalue weighted by Crippen LogP contribution is 2.19. The summed E-state index contributed by atoms with van der Waals surface area (Å²) in [5.41, 5.74) is 6.21. The van der Waals surface area contributed by atoms with Gasteiger partial charge >= 0.3 is 0 Å². The van der Waals surface area contributed by atoms with Crippen molar-refractivity contribution in [3.8, 4) is 5.75 Å². The van der Waals surface area contributed by atoms with Gasteiger partial charge in [0.05, 0.1) is 17.6 Å². The predicted molar refractivity (Wildman–Crippen MR) is 133 cm³/mol. The Morgan fingerprint density at radius 1 is 0.970 bits per heavy atom. The molecule has 0 unspecified atom stereocenters. The molecule has 4 rings (SSSR count). The zero-order valence-electron chi connectivity index (χ0n) is 19.6. The fourth-order valence-electron chi connectivity index (χ4n) is 4.21. The largest absolute Gasteiger partial charge is 0.494 e. The highest BCUT2D eigenvalue weighted by Gasteiger charge is 2.12. The lowest BCUT2D eigenvalue weighted by molar-refractivity contribution is 0.0953. The Hall–Kier alpha value is -3.60. The lowest BCUT2D eigenvalue weighted by Gasteiger charge is -2.12. The molecule has 0 radical (unpaired) electrons.